The summed E-state index contributed by atoms with van der Waals surface area (Å²) >= 11 is 0. The van der Waals surface area contributed by atoms with Crippen LogP contribution in [0.4, 0.5) is 0 Å². The van der Waals surface area contributed by atoms with Crippen LogP contribution in [0.2, 0.25) is 0 Å². The molecule has 0 saturated carbocycles. The van der Waals surface area contributed by atoms with Crippen molar-refractivity contribution in [3.05, 3.63) is 156 Å². The zero-order valence-electron chi connectivity index (χ0n) is 19.1. The molecule has 0 aromatic heterocycles. The Hall–Kier alpha value is -4.08. The van der Waals surface area contributed by atoms with Gasteiger partial charge in [0.1, 0.15) is 11.5 Å². The molecule has 0 amide bonds. The van der Waals surface area contributed by atoms with Gasteiger partial charge in [0.15, 0.2) is 11.6 Å². The molecular formula is C30H24O4Zn. The van der Waals surface area contributed by atoms with Gasteiger partial charge in [-0.1, -0.05) is 121 Å². The molecule has 0 fully saturated rings. The SMILES string of the molecule is O=C(/C=C(\O)c1ccccc1)c1ccccc1.O=C(/C=C(\O)c1ccccc1)c1ccccc1.[Zn]. The van der Waals surface area contributed by atoms with E-state index in [0.29, 0.717) is 22.3 Å². The summed E-state index contributed by atoms with van der Waals surface area (Å²) < 4.78 is 0. The third-order valence-corrected chi connectivity index (χ3v) is 4.79. The number of carbonyl (C=O) groups excluding carboxylic acids is 2. The van der Waals surface area contributed by atoms with Crippen molar-refractivity contribution in [3.63, 3.8) is 0 Å². The average molecular weight is 514 g/mol. The van der Waals surface area contributed by atoms with Crippen LogP contribution in [-0.4, -0.2) is 21.8 Å². The molecule has 0 bridgehead atoms. The first-order valence-corrected chi connectivity index (χ1v) is 10.7. The van der Waals surface area contributed by atoms with Gasteiger partial charge in [-0.3, -0.25) is 9.59 Å². The smallest absolute Gasteiger partial charge is 0.189 e. The Morgan fingerprint density at radius 2 is 0.657 bits per heavy atom. The van der Waals surface area contributed by atoms with Crippen molar-refractivity contribution in [3.8, 4) is 0 Å². The summed E-state index contributed by atoms with van der Waals surface area (Å²) in [6.45, 7) is 0. The number of carbonyl (C=O) groups is 2. The van der Waals surface area contributed by atoms with Crippen LogP contribution in [0.5, 0.6) is 0 Å². The molecule has 4 aromatic rings. The van der Waals surface area contributed by atoms with Crippen LogP contribution in [-0.2, 0) is 19.5 Å². The molecule has 0 aliphatic heterocycles. The molecule has 0 aliphatic carbocycles. The van der Waals surface area contributed by atoms with Gasteiger partial charge in [0, 0.05) is 53.9 Å². The van der Waals surface area contributed by atoms with E-state index in [4.69, 9.17) is 0 Å². The van der Waals surface area contributed by atoms with Crippen LogP contribution < -0.4 is 0 Å². The molecule has 0 radical (unpaired) electrons. The maximum Gasteiger partial charge on any atom is 0.189 e. The number of ketones is 2. The second-order valence-electron chi connectivity index (χ2n) is 7.25. The number of hydrogen-bond donors (Lipinski definition) is 2. The van der Waals surface area contributed by atoms with Gasteiger partial charge in [-0.2, -0.15) is 0 Å². The van der Waals surface area contributed by atoms with Crippen molar-refractivity contribution in [2.75, 3.05) is 0 Å². The van der Waals surface area contributed by atoms with E-state index in [2.05, 4.69) is 0 Å². The van der Waals surface area contributed by atoms with Crippen LogP contribution in [0.1, 0.15) is 31.8 Å². The first-order chi connectivity index (χ1) is 16.5. The van der Waals surface area contributed by atoms with Crippen LogP contribution in [0, 0.1) is 0 Å². The maximum atomic E-state index is 11.8. The van der Waals surface area contributed by atoms with E-state index in [0.717, 1.165) is 0 Å². The van der Waals surface area contributed by atoms with Crippen molar-refractivity contribution in [1.82, 2.24) is 0 Å². The Morgan fingerprint density at radius 1 is 0.429 bits per heavy atom. The average Bonchev–Trinajstić information content (AvgIpc) is 2.91. The van der Waals surface area contributed by atoms with E-state index in [1.807, 2.05) is 48.5 Å². The van der Waals surface area contributed by atoms with Crippen LogP contribution in [0.15, 0.2) is 133 Å². The molecule has 4 nitrogen and oxygen atoms in total. The first-order valence-electron chi connectivity index (χ1n) is 10.7. The molecular weight excluding hydrogens is 490 g/mol. The fourth-order valence-electron chi connectivity index (χ4n) is 3.00. The monoisotopic (exact) mass is 512 g/mol. The van der Waals surface area contributed by atoms with E-state index in [9.17, 15) is 19.8 Å². The Morgan fingerprint density at radius 3 is 0.914 bits per heavy atom. The van der Waals surface area contributed by atoms with Gasteiger partial charge in [0.05, 0.1) is 0 Å². The summed E-state index contributed by atoms with van der Waals surface area (Å²) in [5.41, 5.74) is 2.40. The molecule has 0 unspecified atom stereocenters. The number of hydrogen-bond acceptors (Lipinski definition) is 4. The minimum absolute atomic E-state index is 0. The minimum Gasteiger partial charge on any atom is -0.507 e. The minimum atomic E-state index is -0.202. The van der Waals surface area contributed by atoms with Crippen molar-refractivity contribution in [2.45, 2.75) is 0 Å². The van der Waals surface area contributed by atoms with Crippen LogP contribution in [0.3, 0.4) is 0 Å². The van der Waals surface area contributed by atoms with Gasteiger partial charge >= 0.3 is 0 Å². The second-order valence-corrected chi connectivity index (χ2v) is 7.25. The molecule has 0 aliphatic rings. The molecule has 4 aromatic carbocycles. The largest absolute Gasteiger partial charge is 0.507 e. The van der Waals surface area contributed by atoms with Gasteiger partial charge in [0.25, 0.3) is 0 Å². The summed E-state index contributed by atoms with van der Waals surface area (Å²) in [7, 11) is 0. The van der Waals surface area contributed by atoms with Gasteiger partial charge in [0.2, 0.25) is 0 Å². The van der Waals surface area contributed by atoms with Crippen molar-refractivity contribution < 1.29 is 39.3 Å². The topological polar surface area (TPSA) is 74.6 Å². The fraction of sp³-hybridized carbons (Fsp3) is 0. The number of aliphatic hydroxyl groups excluding tert-OH is 2. The van der Waals surface area contributed by atoms with Crippen LogP contribution in [0.25, 0.3) is 11.5 Å². The molecule has 170 valence electrons. The summed E-state index contributed by atoms with van der Waals surface area (Å²) in [6.07, 6.45) is 2.48. The predicted octanol–water partition coefficient (Wildman–Crippen LogP) is 6.93. The molecule has 0 saturated heterocycles. The third-order valence-electron chi connectivity index (χ3n) is 4.79. The second kappa shape index (κ2) is 14.2. The zero-order chi connectivity index (χ0) is 24.2. The Kier molecular flexibility index (Phi) is 11.1. The standard InChI is InChI=1S/2C15H12O2.Zn/c2*16-14(12-7-3-1-4-8-12)11-15(17)13-9-5-2-6-10-13;/h2*1-11,16H;/b2*14-11-;. The molecule has 0 atom stereocenters. The zero-order valence-corrected chi connectivity index (χ0v) is 22.1. The molecule has 0 spiro atoms. The summed E-state index contributed by atoms with van der Waals surface area (Å²) in [5.74, 6) is -0.433. The van der Waals surface area contributed by atoms with Crippen molar-refractivity contribution in [2.24, 2.45) is 0 Å². The molecule has 2 N–H and O–H groups in total. The number of allylic oxidation sites excluding steroid dienone is 2. The van der Waals surface area contributed by atoms with Gasteiger partial charge in [-0.05, 0) is 0 Å². The summed E-state index contributed by atoms with van der Waals surface area (Å²) in [6, 6.07) is 35.7. The maximum absolute atomic E-state index is 11.8. The molecule has 0 heterocycles. The van der Waals surface area contributed by atoms with Gasteiger partial charge in [-0.15, -0.1) is 0 Å². The summed E-state index contributed by atoms with van der Waals surface area (Å²) in [5, 5.41) is 19.6. The molecule has 4 rings (SSSR count). The number of rotatable bonds is 6. The predicted molar refractivity (Wildman–Crippen MR) is 136 cm³/mol. The Balaban J connectivity index is 0.000000240. The van der Waals surface area contributed by atoms with Crippen LogP contribution >= 0.6 is 0 Å². The van der Waals surface area contributed by atoms with E-state index >= 15 is 0 Å². The number of benzene rings is 4. The van der Waals surface area contributed by atoms with Crippen molar-refractivity contribution in [1.29, 1.82) is 0 Å². The van der Waals surface area contributed by atoms with E-state index in [1.165, 1.54) is 12.2 Å². The molecule has 35 heavy (non-hydrogen) atoms. The normalized spacial score (nSPS) is 10.9. The van der Waals surface area contributed by atoms with Crippen molar-refractivity contribution >= 4 is 23.1 Å². The quantitative estimate of drug-likeness (QED) is 0.127. The fourth-order valence-corrected chi connectivity index (χ4v) is 3.00. The first kappa shape index (κ1) is 27.2. The van der Waals surface area contributed by atoms with E-state index in [1.54, 1.807) is 72.8 Å². The number of aliphatic hydroxyl groups is 2. The van der Waals surface area contributed by atoms with Gasteiger partial charge in [-0.25, -0.2) is 0 Å². The third kappa shape index (κ3) is 8.65. The molecule has 5 heteroatoms. The van der Waals surface area contributed by atoms with E-state index in [-0.39, 0.29) is 42.6 Å². The van der Waals surface area contributed by atoms with Gasteiger partial charge < -0.3 is 10.2 Å². The van der Waals surface area contributed by atoms with E-state index < -0.39 is 0 Å². The Bertz CT molecular complexity index is 1160. The summed E-state index contributed by atoms with van der Waals surface area (Å²) in [4.78, 5) is 23.6. The Labute approximate surface area is 217 Å².